The molecule has 0 radical (unpaired) electrons. The fourth-order valence-corrected chi connectivity index (χ4v) is 2.95. The van der Waals surface area contributed by atoms with Crippen molar-refractivity contribution >= 4 is 33.1 Å². The molecule has 0 unspecified atom stereocenters. The molecule has 2 heterocycles. The molecule has 102 valence electrons. The van der Waals surface area contributed by atoms with Gasteiger partial charge >= 0.3 is 0 Å². The van der Waals surface area contributed by atoms with Crippen molar-refractivity contribution in [2.45, 2.75) is 6.42 Å². The van der Waals surface area contributed by atoms with E-state index < -0.39 is 0 Å². The zero-order valence-electron chi connectivity index (χ0n) is 11.1. The molecule has 3 N–H and O–H groups in total. The third kappa shape index (κ3) is 2.85. The van der Waals surface area contributed by atoms with Crippen LogP contribution in [0.25, 0.3) is 10.2 Å². The van der Waals surface area contributed by atoms with Gasteiger partial charge in [0.15, 0.2) is 0 Å². The molecule has 2 rings (SSSR count). The van der Waals surface area contributed by atoms with Gasteiger partial charge < -0.3 is 16.0 Å². The molecule has 1 amide bonds. The van der Waals surface area contributed by atoms with Crippen LogP contribution in [0.1, 0.15) is 16.1 Å². The predicted molar refractivity (Wildman–Crippen MR) is 79.5 cm³/mol. The van der Waals surface area contributed by atoms with E-state index in [0.29, 0.717) is 17.1 Å². The second-order valence-corrected chi connectivity index (χ2v) is 5.43. The number of hydrogen-bond acceptors (Lipinski definition) is 5. The molecule has 0 fully saturated rings. The topological polar surface area (TPSA) is 71.2 Å². The first-order valence-electron chi connectivity index (χ1n) is 6.18. The number of fused-ring (bicyclic) bond motifs is 1. The van der Waals surface area contributed by atoms with Gasteiger partial charge in [-0.2, -0.15) is 0 Å². The lowest BCUT2D eigenvalue weighted by Gasteiger charge is -2.16. The Morgan fingerprint density at radius 2 is 2.37 bits per heavy atom. The van der Waals surface area contributed by atoms with Crippen LogP contribution < -0.4 is 11.1 Å². The summed E-state index contributed by atoms with van der Waals surface area (Å²) in [7, 11) is 3.70. The average molecular weight is 278 g/mol. The average Bonchev–Trinajstić information content (AvgIpc) is 2.76. The van der Waals surface area contributed by atoms with Crippen LogP contribution in [0.2, 0.25) is 0 Å². The Morgan fingerprint density at radius 3 is 3.05 bits per heavy atom. The highest BCUT2D eigenvalue weighted by atomic mass is 32.1. The number of aromatic nitrogens is 1. The predicted octanol–water partition coefficient (Wildman–Crippen LogP) is 1.56. The Hall–Kier alpha value is -1.66. The maximum Gasteiger partial charge on any atom is 0.265 e. The molecule has 0 aliphatic carbocycles. The highest BCUT2D eigenvalue weighted by Gasteiger charge is 2.19. The van der Waals surface area contributed by atoms with Crippen molar-refractivity contribution in [1.82, 2.24) is 15.2 Å². The second-order valence-electron chi connectivity index (χ2n) is 4.38. The second kappa shape index (κ2) is 5.99. The summed E-state index contributed by atoms with van der Waals surface area (Å²) in [4.78, 5) is 18.9. The van der Waals surface area contributed by atoms with Gasteiger partial charge in [0, 0.05) is 19.8 Å². The summed E-state index contributed by atoms with van der Waals surface area (Å²) < 4.78 is 0.951. The van der Waals surface area contributed by atoms with Crippen molar-refractivity contribution in [3.63, 3.8) is 0 Å². The minimum absolute atomic E-state index is 0.0309. The lowest BCUT2D eigenvalue weighted by Crippen LogP contribution is -2.29. The fraction of sp³-hybridized carbons (Fsp3) is 0.385. The third-order valence-corrected chi connectivity index (χ3v) is 4.09. The number of anilines is 1. The molecule has 2 aromatic rings. The SMILES string of the molecule is CNCCCN(C)C(=O)c1sc2cccnc2c1N. The van der Waals surface area contributed by atoms with Gasteiger partial charge in [0.2, 0.25) is 0 Å². The molecular weight excluding hydrogens is 260 g/mol. The Morgan fingerprint density at radius 1 is 1.58 bits per heavy atom. The number of carbonyl (C=O) groups excluding carboxylic acids is 1. The van der Waals surface area contributed by atoms with Gasteiger partial charge in [-0.15, -0.1) is 11.3 Å². The molecule has 0 aliphatic rings. The minimum atomic E-state index is -0.0309. The normalized spacial score (nSPS) is 10.8. The van der Waals surface area contributed by atoms with Crippen molar-refractivity contribution in [3.8, 4) is 0 Å². The Labute approximate surface area is 116 Å². The molecule has 0 aliphatic heterocycles. The number of nitrogens with zero attached hydrogens (tertiary/aromatic N) is 2. The summed E-state index contributed by atoms with van der Waals surface area (Å²) in [5.74, 6) is -0.0309. The molecular formula is C13H18N4OS. The lowest BCUT2D eigenvalue weighted by molar-refractivity contribution is 0.0799. The Balaban J connectivity index is 2.19. The van der Waals surface area contributed by atoms with Crippen LogP contribution in [0.15, 0.2) is 18.3 Å². The van der Waals surface area contributed by atoms with E-state index in [1.807, 2.05) is 19.2 Å². The molecule has 0 aromatic carbocycles. The molecule has 0 saturated heterocycles. The van der Waals surface area contributed by atoms with E-state index >= 15 is 0 Å². The molecule has 19 heavy (non-hydrogen) atoms. The van der Waals surface area contributed by atoms with Crippen LogP contribution in [0.4, 0.5) is 5.69 Å². The van der Waals surface area contributed by atoms with E-state index in [0.717, 1.165) is 23.2 Å². The van der Waals surface area contributed by atoms with Crippen LogP contribution >= 0.6 is 11.3 Å². The van der Waals surface area contributed by atoms with Gasteiger partial charge in [-0.05, 0) is 32.1 Å². The van der Waals surface area contributed by atoms with Gasteiger partial charge in [0.25, 0.3) is 5.91 Å². The third-order valence-electron chi connectivity index (χ3n) is 2.94. The summed E-state index contributed by atoms with van der Waals surface area (Å²) in [5.41, 5.74) is 7.23. The molecule has 2 aromatic heterocycles. The van der Waals surface area contributed by atoms with E-state index in [4.69, 9.17) is 5.73 Å². The van der Waals surface area contributed by atoms with Crippen LogP contribution in [0, 0.1) is 0 Å². The van der Waals surface area contributed by atoms with Gasteiger partial charge in [-0.3, -0.25) is 9.78 Å². The Bertz CT molecular complexity index is 581. The first-order chi connectivity index (χ1) is 9.15. The smallest absolute Gasteiger partial charge is 0.265 e. The van der Waals surface area contributed by atoms with Crippen LogP contribution in [-0.2, 0) is 0 Å². The summed E-state index contributed by atoms with van der Waals surface area (Å²) in [6.07, 6.45) is 2.61. The zero-order chi connectivity index (χ0) is 13.8. The quantitative estimate of drug-likeness (QED) is 0.814. The van der Waals surface area contributed by atoms with Gasteiger partial charge in [0.1, 0.15) is 10.4 Å². The maximum atomic E-state index is 12.3. The van der Waals surface area contributed by atoms with E-state index in [9.17, 15) is 4.79 Å². The molecule has 0 saturated carbocycles. The number of nitrogen functional groups attached to an aromatic ring is 1. The van der Waals surface area contributed by atoms with E-state index in [1.165, 1.54) is 11.3 Å². The first-order valence-corrected chi connectivity index (χ1v) is 7.00. The van der Waals surface area contributed by atoms with Gasteiger partial charge in [-0.25, -0.2) is 0 Å². The fourth-order valence-electron chi connectivity index (χ4n) is 1.87. The lowest BCUT2D eigenvalue weighted by atomic mass is 10.3. The van der Waals surface area contributed by atoms with Crippen molar-refractivity contribution in [2.75, 3.05) is 32.9 Å². The van der Waals surface area contributed by atoms with Gasteiger partial charge in [0.05, 0.1) is 10.4 Å². The maximum absolute atomic E-state index is 12.3. The van der Waals surface area contributed by atoms with Gasteiger partial charge in [-0.1, -0.05) is 0 Å². The van der Waals surface area contributed by atoms with E-state index in [2.05, 4.69) is 10.3 Å². The first kappa shape index (κ1) is 13.8. The van der Waals surface area contributed by atoms with Crippen molar-refractivity contribution in [1.29, 1.82) is 0 Å². The highest BCUT2D eigenvalue weighted by molar-refractivity contribution is 7.21. The van der Waals surface area contributed by atoms with Crippen LogP contribution in [0.5, 0.6) is 0 Å². The van der Waals surface area contributed by atoms with Crippen LogP contribution in [-0.4, -0.2) is 43.0 Å². The van der Waals surface area contributed by atoms with Crippen molar-refractivity contribution in [3.05, 3.63) is 23.2 Å². The number of nitrogens with one attached hydrogen (secondary N) is 1. The number of amides is 1. The zero-order valence-corrected chi connectivity index (χ0v) is 12.0. The standard InChI is InChI=1S/C13H18N4OS/c1-15-6-4-8-17(2)13(18)12-10(14)11-9(19-12)5-3-7-16-11/h3,5,7,15H,4,6,8,14H2,1-2H3. The minimum Gasteiger partial charge on any atom is -0.396 e. The molecule has 6 heteroatoms. The monoisotopic (exact) mass is 278 g/mol. The molecule has 5 nitrogen and oxygen atoms in total. The summed E-state index contributed by atoms with van der Waals surface area (Å²) in [6, 6.07) is 3.78. The number of rotatable bonds is 5. The molecule has 0 bridgehead atoms. The Kier molecular flexibility index (Phi) is 4.34. The van der Waals surface area contributed by atoms with Crippen molar-refractivity contribution in [2.24, 2.45) is 0 Å². The van der Waals surface area contributed by atoms with Crippen molar-refractivity contribution < 1.29 is 4.79 Å². The summed E-state index contributed by atoms with van der Waals surface area (Å²) >= 11 is 1.41. The van der Waals surface area contributed by atoms with E-state index in [-0.39, 0.29) is 5.91 Å². The summed E-state index contributed by atoms with van der Waals surface area (Å²) in [6.45, 7) is 1.60. The summed E-state index contributed by atoms with van der Waals surface area (Å²) in [5, 5.41) is 3.06. The van der Waals surface area contributed by atoms with E-state index in [1.54, 1.807) is 18.1 Å². The number of carbonyl (C=O) groups is 1. The highest BCUT2D eigenvalue weighted by Crippen LogP contribution is 2.32. The largest absolute Gasteiger partial charge is 0.396 e. The number of hydrogen-bond donors (Lipinski definition) is 2. The molecule has 0 spiro atoms. The van der Waals surface area contributed by atoms with Crippen LogP contribution in [0.3, 0.4) is 0 Å². The number of nitrogens with two attached hydrogens (primary N) is 1. The number of pyridine rings is 1. The number of thiophene rings is 1. The molecule has 0 atom stereocenters.